The van der Waals surface area contributed by atoms with E-state index in [0.29, 0.717) is 18.9 Å². The van der Waals surface area contributed by atoms with Crippen molar-refractivity contribution < 1.29 is 9.59 Å². The van der Waals surface area contributed by atoms with Crippen molar-refractivity contribution in [3.8, 4) is 0 Å². The first kappa shape index (κ1) is 16.0. The Labute approximate surface area is 116 Å². The van der Waals surface area contributed by atoms with Gasteiger partial charge in [-0.05, 0) is 25.2 Å². The van der Waals surface area contributed by atoms with Gasteiger partial charge < -0.3 is 10.2 Å². The Bertz CT molecular complexity index is 315. The van der Waals surface area contributed by atoms with E-state index in [1.54, 1.807) is 0 Å². The van der Waals surface area contributed by atoms with E-state index in [9.17, 15) is 9.59 Å². The third-order valence-electron chi connectivity index (χ3n) is 3.67. The summed E-state index contributed by atoms with van der Waals surface area (Å²) in [5.41, 5.74) is 0. The molecule has 0 aromatic carbocycles. The Hall–Kier alpha value is -1.06. The molecule has 0 saturated carbocycles. The molecule has 0 aromatic heterocycles. The maximum atomic E-state index is 12.5. The number of piperazine rings is 1. The van der Waals surface area contributed by atoms with Gasteiger partial charge in [0.05, 0.1) is 0 Å². The molecule has 2 unspecified atom stereocenters. The van der Waals surface area contributed by atoms with Crippen molar-refractivity contribution >= 4 is 11.8 Å². The number of rotatable bonds is 7. The molecule has 4 heteroatoms. The number of nitrogens with zero attached hydrogens (tertiary/aromatic N) is 1. The lowest BCUT2D eigenvalue weighted by atomic mass is 9.97. The fraction of sp³-hybridized carbons (Fsp3) is 0.867. The van der Waals surface area contributed by atoms with Crippen molar-refractivity contribution in [2.24, 2.45) is 5.92 Å². The van der Waals surface area contributed by atoms with Gasteiger partial charge in [0.15, 0.2) is 0 Å². The van der Waals surface area contributed by atoms with E-state index in [0.717, 1.165) is 25.7 Å². The van der Waals surface area contributed by atoms with Crippen molar-refractivity contribution in [3.05, 3.63) is 0 Å². The van der Waals surface area contributed by atoms with E-state index >= 15 is 0 Å². The van der Waals surface area contributed by atoms with Crippen LogP contribution in [0.5, 0.6) is 0 Å². The number of nitrogens with one attached hydrogen (secondary N) is 1. The Kier molecular flexibility index (Phi) is 6.32. The lowest BCUT2D eigenvalue weighted by molar-refractivity contribution is -0.150. The first-order chi connectivity index (χ1) is 9.01. The van der Waals surface area contributed by atoms with Crippen LogP contribution in [0.3, 0.4) is 0 Å². The predicted molar refractivity (Wildman–Crippen MR) is 76.7 cm³/mol. The molecule has 0 bridgehead atoms. The topological polar surface area (TPSA) is 49.4 Å². The molecule has 19 heavy (non-hydrogen) atoms. The van der Waals surface area contributed by atoms with E-state index in [4.69, 9.17) is 0 Å². The number of amides is 2. The largest absolute Gasteiger partial charge is 0.342 e. The highest BCUT2D eigenvalue weighted by Gasteiger charge is 2.39. The molecule has 1 aliphatic heterocycles. The second kappa shape index (κ2) is 7.51. The van der Waals surface area contributed by atoms with Crippen molar-refractivity contribution in [2.45, 2.75) is 71.9 Å². The van der Waals surface area contributed by atoms with Gasteiger partial charge in [0, 0.05) is 6.54 Å². The summed E-state index contributed by atoms with van der Waals surface area (Å²) < 4.78 is 0. The molecule has 1 aliphatic rings. The van der Waals surface area contributed by atoms with Crippen LogP contribution in [0, 0.1) is 5.92 Å². The molecule has 0 spiro atoms. The molecule has 1 saturated heterocycles. The quantitative estimate of drug-likeness (QED) is 0.720. The molecule has 1 N–H and O–H groups in total. The zero-order valence-corrected chi connectivity index (χ0v) is 12.7. The van der Waals surface area contributed by atoms with Crippen LogP contribution in [-0.2, 0) is 9.59 Å². The standard InChI is InChI=1S/C15H28N2O2/c1-5-7-8-9-17-13(6-2)14(18)16-12(15(17)19)10-11(3)4/h11-13H,5-10H2,1-4H3,(H,16,18). The minimum absolute atomic E-state index is 0.0178. The molecular formula is C15H28N2O2. The van der Waals surface area contributed by atoms with Gasteiger partial charge in [0.25, 0.3) is 0 Å². The smallest absolute Gasteiger partial charge is 0.245 e. The summed E-state index contributed by atoms with van der Waals surface area (Å²) >= 11 is 0. The first-order valence-corrected chi connectivity index (χ1v) is 7.62. The Balaban J connectivity index is 2.74. The number of unbranched alkanes of at least 4 members (excludes halogenated alkanes) is 2. The predicted octanol–water partition coefficient (Wildman–Crippen LogP) is 2.33. The molecule has 0 aromatic rings. The molecule has 1 heterocycles. The van der Waals surface area contributed by atoms with Crippen molar-refractivity contribution in [1.82, 2.24) is 10.2 Å². The molecular weight excluding hydrogens is 240 g/mol. The summed E-state index contributed by atoms with van der Waals surface area (Å²) in [6, 6.07) is -0.593. The molecule has 1 rings (SSSR count). The molecule has 2 amide bonds. The van der Waals surface area contributed by atoms with Gasteiger partial charge in [-0.3, -0.25) is 9.59 Å². The van der Waals surface area contributed by atoms with Crippen LogP contribution >= 0.6 is 0 Å². The van der Waals surface area contributed by atoms with E-state index < -0.39 is 0 Å². The fourth-order valence-electron chi connectivity index (χ4n) is 2.66. The van der Waals surface area contributed by atoms with Gasteiger partial charge in [-0.1, -0.05) is 40.5 Å². The Morgan fingerprint density at radius 2 is 1.89 bits per heavy atom. The Morgan fingerprint density at radius 3 is 2.42 bits per heavy atom. The summed E-state index contributed by atoms with van der Waals surface area (Å²) in [7, 11) is 0. The minimum atomic E-state index is -0.322. The van der Waals surface area contributed by atoms with Crippen LogP contribution < -0.4 is 5.32 Å². The number of hydrogen-bond donors (Lipinski definition) is 1. The molecule has 4 nitrogen and oxygen atoms in total. The minimum Gasteiger partial charge on any atom is -0.342 e. The van der Waals surface area contributed by atoms with E-state index in [1.165, 1.54) is 0 Å². The van der Waals surface area contributed by atoms with Crippen molar-refractivity contribution in [3.63, 3.8) is 0 Å². The van der Waals surface area contributed by atoms with Crippen LogP contribution in [0.4, 0.5) is 0 Å². The summed E-state index contributed by atoms with van der Waals surface area (Å²) in [5, 5.41) is 2.89. The van der Waals surface area contributed by atoms with Gasteiger partial charge in [0.2, 0.25) is 11.8 Å². The molecule has 1 fully saturated rings. The molecule has 2 atom stereocenters. The molecule has 110 valence electrons. The van der Waals surface area contributed by atoms with Gasteiger partial charge in [0.1, 0.15) is 12.1 Å². The SMILES string of the molecule is CCCCCN1C(=O)C(CC(C)C)NC(=O)C1CC. The monoisotopic (exact) mass is 268 g/mol. The average Bonchev–Trinajstić information content (AvgIpc) is 2.34. The number of carbonyl (C=O) groups excluding carboxylic acids is 2. The van der Waals surface area contributed by atoms with Gasteiger partial charge in [-0.15, -0.1) is 0 Å². The van der Waals surface area contributed by atoms with Gasteiger partial charge in [-0.2, -0.15) is 0 Å². The summed E-state index contributed by atoms with van der Waals surface area (Å²) in [5.74, 6) is 0.533. The molecule has 0 aliphatic carbocycles. The van der Waals surface area contributed by atoms with E-state index in [-0.39, 0.29) is 23.9 Å². The van der Waals surface area contributed by atoms with Crippen LogP contribution in [-0.4, -0.2) is 35.3 Å². The molecule has 0 radical (unpaired) electrons. The van der Waals surface area contributed by atoms with Crippen molar-refractivity contribution in [2.75, 3.05) is 6.54 Å². The maximum absolute atomic E-state index is 12.5. The normalized spacial score (nSPS) is 23.9. The highest BCUT2D eigenvalue weighted by atomic mass is 16.2. The second-order valence-corrected chi connectivity index (χ2v) is 5.85. The fourth-order valence-corrected chi connectivity index (χ4v) is 2.66. The van der Waals surface area contributed by atoms with Gasteiger partial charge in [-0.25, -0.2) is 0 Å². The lowest BCUT2D eigenvalue weighted by Gasteiger charge is -2.39. The Morgan fingerprint density at radius 1 is 1.21 bits per heavy atom. The van der Waals surface area contributed by atoms with Crippen LogP contribution in [0.15, 0.2) is 0 Å². The number of hydrogen-bond acceptors (Lipinski definition) is 2. The third-order valence-corrected chi connectivity index (χ3v) is 3.67. The highest BCUT2D eigenvalue weighted by molar-refractivity contribution is 5.96. The lowest BCUT2D eigenvalue weighted by Crippen LogP contribution is -2.63. The zero-order valence-electron chi connectivity index (χ0n) is 12.7. The van der Waals surface area contributed by atoms with Crippen LogP contribution in [0.2, 0.25) is 0 Å². The number of carbonyl (C=O) groups is 2. The van der Waals surface area contributed by atoms with Crippen molar-refractivity contribution in [1.29, 1.82) is 0 Å². The summed E-state index contributed by atoms with van der Waals surface area (Å²) in [4.78, 5) is 26.4. The summed E-state index contributed by atoms with van der Waals surface area (Å²) in [6.45, 7) is 8.98. The maximum Gasteiger partial charge on any atom is 0.245 e. The second-order valence-electron chi connectivity index (χ2n) is 5.85. The van der Waals surface area contributed by atoms with Gasteiger partial charge >= 0.3 is 0 Å². The van der Waals surface area contributed by atoms with Crippen LogP contribution in [0.25, 0.3) is 0 Å². The average molecular weight is 268 g/mol. The summed E-state index contributed by atoms with van der Waals surface area (Å²) in [6.07, 6.45) is 4.64. The third kappa shape index (κ3) is 4.22. The zero-order chi connectivity index (χ0) is 14.4. The highest BCUT2D eigenvalue weighted by Crippen LogP contribution is 2.18. The van der Waals surface area contributed by atoms with Crippen LogP contribution in [0.1, 0.15) is 59.8 Å². The van der Waals surface area contributed by atoms with E-state index in [1.807, 2.05) is 11.8 Å². The van der Waals surface area contributed by atoms with E-state index in [2.05, 4.69) is 26.1 Å². The first-order valence-electron chi connectivity index (χ1n) is 7.62.